The third-order valence-electron chi connectivity index (χ3n) is 6.43. The molecule has 1 unspecified atom stereocenters. The number of amides is 2. The van der Waals surface area contributed by atoms with Crippen molar-refractivity contribution in [3.05, 3.63) is 94.4 Å². The Morgan fingerprint density at radius 2 is 1.73 bits per heavy atom. The normalized spacial score (nSPS) is 21.1. The quantitative estimate of drug-likeness (QED) is 0.289. The molecule has 2 aliphatic heterocycles. The standard InChI is InChI=1S/C29H28N4O5S2/c1-19(2)22-8-4-21(5-9-22)18-38-25-14-6-20(7-15-25)16-26-28(35)32(3)29(39-26)30-23-10-12-24(13-11-23)33-17-27(34)31-40(33,36)37/h4-16,19H,17-18H2,1-3H3,(H-,31,34,36,37)/p+1/b26-16-,30-29?. The summed E-state index contributed by atoms with van der Waals surface area (Å²) in [5.74, 6) is 0.557. The van der Waals surface area contributed by atoms with Crippen LogP contribution in [0.5, 0.6) is 5.75 Å². The molecule has 0 saturated carbocycles. The molecule has 0 bridgehead atoms. The van der Waals surface area contributed by atoms with Gasteiger partial charge in [-0.05, 0) is 81.1 Å². The van der Waals surface area contributed by atoms with E-state index in [0.717, 1.165) is 21.2 Å². The van der Waals surface area contributed by atoms with Gasteiger partial charge in [0.25, 0.3) is 11.8 Å². The zero-order valence-corrected chi connectivity index (χ0v) is 23.9. The molecule has 9 nitrogen and oxygen atoms in total. The van der Waals surface area contributed by atoms with Crippen LogP contribution in [-0.4, -0.2) is 40.0 Å². The fraction of sp³-hybridized carbons (Fsp3) is 0.207. The summed E-state index contributed by atoms with van der Waals surface area (Å²) < 4.78 is 31.2. The number of hydrogen-bond acceptors (Lipinski definition) is 6. The number of anilines is 1. The largest absolute Gasteiger partial charge is 0.489 e. The van der Waals surface area contributed by atoms with Gasteiger partial charge in [-0.2, -0.15) is 0 Å². The third-order valence-corrected chi connectivity index (χ3v) is 8.92. The minimum Gasteiger partial charge on any atom is -0.489 e. The lowest BCUT2D eigenvalue weighted by molar-refractivity contribution is -0.121. The minimum atomic E-state index is -3.63. The molecule has 2 saturated heterocycles. The lowest BCUT2D eigenvalue weighted by Gasteiger charge is -2.12. The molecule has 0 aromatic heterocycles. The first-order valence-corrected chi connectivity index (χ1v) is 14.9. The highest BCUT2D eigenvalue weighted by atomic mass is 32.3. The highest BCUT2D eigenvalue weighted by Gasteiger charge is 2.46. The predicted octanol–water partition coefficient (Wildman–Crippen LogP) is 5.36. The summed E-state index contributed by atoms with van der Waals surface area (Å²) >= 11 is 1.27. The van der Waals surface area contributed by atoms with E-state index in [1.54, 1.807) is 31.3 Å². The summed E-state index contributed by atoms with van der Waals surface area (Å²) in [7, 11) is -1.96. The minimum absolute atomic E-state index is 0.160. The lowest BCUT2D eigenvalue weighted by Crippen LogP contribution is -2.36. The SMILES string of the molecule is CC(C)c1ccc(COc2ccc(/C=C3\SC(=Nc4ccc(N5CC(=O)N[S+]5(=O)O)cc4)N(C)C3=O)cc2)cc1. The number of nitrogens with zero attached hydrogens (tertiary/aromatic N) is 3. The Kier molecular flexibility index (Phi) is 7.79. The van der Waals surface area contributed by atoms with E-state index in [9.17, 15) is 18.4 Å². The van der Waals surface area contributed by atoms with Gasteiger partial charge >= 0.3 is 10.6 Å². The molecule has 2 N–H and O–H groups in total. The molecule has 206 valence electrons. The number of benzene rings is 3. The van der Waals surface area contributed by atoms with E-state index in [2.05, 4.69) is 47.8 Å². The second kappa shape index (κ2) is 11.3. The third kappa shape index (κ3) is 6.11. The van der Waals surface area contributed by atoms with Crippen LogP contribution in [-0.2, 0) is 31.0 Å². The zero-order chi connectivity index (χ0) is 28.4. The van der Waals surface area contributed by atoms with Gasteiger partial charge in [0.05, 0.1) is 16.3 Å². The number of aliphatic imine (C=N–C) groups is 1. The summed E-state index contributed by atoms with van der Waals surface area (Å²) in [4.78, 5) is 31.0. The Morgan fingerprint density at radius 3 is 2.33 bits per heavy atom. The van der Waals surface area contributed by atoms with Crippen LogP contribution in [0.2, 0.25) is 0 Å². The molecular weight excluding hydrogens is 548 g/mol. The van der Waals surface area contributed by atoms with Crippen molar-refractivity contribution >= 4 is 56.8 Å². The van der Waals surface area contributed by atoms with Gasteiger partial charge in [-0.25, -0.2) is 4.99 Å². The molecule has 3 aromatic carbocycles. The maximum atomic E-state index is 12.9. The summed E-state index contributed by atoms with van der Waals surface area (Å²) in [5.41, 5.74) is 4.24. The predicted molar refractivity (Wildman–Crippen MR) is 159 cm³/mol. The first-order chi connectivity index (χ1) is 19.1. The Hall–Kier alpha value is -3.93. The number of hydrogen-bond donors (Lipinski definition) is 2. The van der Waals surface area contributed by atoms with Gasteiger partial charge in [0.2, 0.25) is 0 Å². The average molecular weight is 578 g/mol. The topological polar surface area (TPSA) is 112 Å². The van der Waals surface area contributed by atoms with Crippen molar-refractivity contribution in [2.45, 2.75) is 26.4 Å². The molecule has 0 spiro atoms. The molecule has 11 heteroatoms. The molecule has 0 aliphatic carbocycles. The smallest absolute Gasteiger partial charge is 0.423 e. The number of amidine groups is 1. The summed E-state index contributed by atoms with van der Waals surface area (Å²) in [5, 5.41) is 0.511. The molecule has 2 aliphatic rings. The highest BCUT2D eigenvalue weighted by Crippen LogP contribution is 2.34. The van der Waals surface area contributed by atoms with Crippen molar-refractivity contribution in [2.24, 2.45) is 4.99 Å². The van der Waals surface area contributed by atoms with Crippen LogP contribution in [0.25, 0.3) is 6.08 Å². The Balaban J connectivity index is 1.23. The molecule has 40 heavy (non-hydrogen) atoms. The van der Waals surface area contributed by atoms with Crippen LogP contribution in [0.1, 0.15) is 36.5 Å². The van der Waals surface area contributed by atoms with Gasteiger partial charge in [0.15, 0.2) is 11.7 Å². The van der Waals surface area contributed by atoms with E-state index in [1.165, 1.54) is 22.2 Å². The van der Waals surface area contributed by atoms with Crippen molar-refractivity contribution in [1.29, 1.82) is 0 Å². The maximum absolute atomic E-state index is 12.9. The number of carbonyl (C=O) groups is 2. The number of ether oxygens (including phenoxy) is 1. The number of thioether (sulfide) groups is 1. The van der Waals surface area contributed by atoms with E-state index < -0.39 is 16.5 Å². The highest BCUT2D eigenvalue weighted by molar-refractivity contribution is 8.18. The van der Waals surface area contributed by atoms with Crippen molar-refractivity contribution in [3.8, 4) is 5.75 Å². The van der Waals surface area contributed by atoms with Crippen molar-refractivity contribution in [3.63, 3.8) is 0 Å². The maximum Gasteiger partial charge on any atom is 0.423 e. The van der Waals surface area contributed by atoms with E-state index in [4.69, 9.17) is 4.74 Å². The van der Waals surface area contributed by atoms with Gasteiger partial charge in [-0.1, -0.05) is 50.2 Å². The molecule has 5 rings (SSSR count). The second-order valence-corrected chi connectivity index (χ2v) is 12.3. The first kappa shape index (κ1) is 27.6. The fourth-order valence-corrected chi connectivity index (χ4v) is 6.28. The number of nitrogens with one attached hydrogen (secondary N) is 1. The Bertz CT molecular complexity index is 1530. The van der Waals surface area contributed by atoms with Crippen molar-refractivity contribution in [2.75, 3.05) is 17.9 Å². The molecule has 0 radical (unpaired) electrons. The zero-order valence-electron chi connectivity index (χ0n) is 22.2. The van der Waals surface area contributed by atoms with Crippen LogP contribution < -0.4 is 13.8 Å². The van der Waals surface area contributed by atoms with E-state index in [1.807, 2.05) is 30.3 Å². The molecule has 3 aromatic rings. The monoisotopic (exact) mass is 577 g/mol. The van der Waals surface area contributed by atoms with Gasteiger partial charge < -0.3 is 4.74 Å². The van der Waals surface area contributed by atoms with Crippen LogP contribution in [0.3, 0.4) is 0 Å². The molecule has 2 fully saturated rings. The van der Waals surface area contributed by atoms with Gasteiger partial charge in [-0.15, -0.1) is 13.6 Å². The van der Waals surface area contributed by atoms with Gasteiger partial charge in [-0.3, -0.25) is 14.5 Å². The average Bonchev–Trinajstić information content (AvgIpc) is 3.36. The van der Waals surface area contributed by atoms with Crippen molar-refractivity contribution < 1.29 is 23.1 Å². The number of carbonyl (C=O) groups excluding carboxylic acids is 2. The number of likely N-dealkylation sites (N-methyl/N-ethyl adjacent to an activating group) is 1. The summed E-state index contributed by atoms with van der Waals surface area (Å²) in [6.45, 7) is 4.61. The lowest BCUT2D eigenvalue weighted by atomic mass is 10.0. The van der Waals surface area contributed by atoms with Crippen molar-refractivity contribution in [1.82, 2.24) is 9.62 Å². The first-order valence-electron chi connectivity index (χ1n) is 12.6. The summed E-state index contributed by atoms with van der Waals surface area (Å²) in [6.07, 6.45) is 1.82. The van der Waals surface area contributed by atoms with E-state index >= 15 is 0 Å². The molecule has 2 amide bonds. The van der Waals surface area contributed by atoms with Gasteiger partial charge in [0.1, 0.15) is 12.4 Å². The molecule has 1 atom stereocenters. The van der Waals surface area contributed by atoms with Crippen LogP contribution in [0.4, 0.5) is 11.4 Å². The molecule has 2 heterocycles. The second-order valence-electron chi connectivity index (χ2n) is 9.70. The van der Waals surface area contributed by atoms with E-state index in [0.29, 0.717) is 34.0 Å². The Morgan fingerprint density at radius 1 is 1.05 bits per heavy atom. The van der Waals surface area contributed by atoms with E-state index in [-0.39, 0.29) is 12.5 Å². The fourth-order valence-electron chi connectivity index (χ4n) is 4.12. The van der Waals surface area contributed by atoms with Gasteiger partial charge in [0, 0.05) is 7.05 Å². The number of rotatable bonds is 7. The van der Waals surface area contributed by atoms with Crippen LogP contribution >= 0.6 is 11.8 Å². The molecular formula is C29H29N4O5S2+. The van der Waals surface area contributed by atoms with Crippen LogP contribution in [0, 0.1) is 0 Å². The Labute approximate surface area is 238 Å². The van der Waals surface area contributed by atoms with Crippen LogP contribution in [0.15, 0.2) is 82.7 Å². The summed E-state index contributed by atoms with van der Waals surface area (Å²) in [6, 6.07) is 22.6.